The lowest BCUT2D eigenvalue weighted by Crippen LogP contribution is -2.75. The molecule has 48 heavy (non-hydrogen) atoms. The predicted octanol–water partition coefficient (Wildman–Crippen LogP) is -0.486. The zero-order chi connectivity index (χ0) is 35.4. The van der Waals surface area contributed by atoms with E-state index in [4.69, 9.17) is 5.73 Å². The molecular weight excluding hydrogens is 618 g/mol. The zero-order valence-electron chi connectivity index (χ0n) is 28.1. The van der Waals surface area contributed by atoms with Crippen molar-refractivity contribution in [3.8, 4) is 5.75 Å². The van der Waals surface area contributed by atoms with Crippen molar-refractivity contribution in [2.75, 3.05) is 47.2 Å². The number of nitrogens with zero attached hydrogens (tertiary/aromatic N) is 3. The number of carbonyl (C=O) groups is 5. The standard InChI is InChI=1S/C35H45N5O8/c1-38(2)22-15-19(16-37-34(47)23(39(3)4)12-17-10-8-7-9-11-17)28(41)25-20(22)13-18-14-21-27(40(5)6)30(43)26(33(36)46)32(45)35(21,48)31(44)24(18)29(25)42/h7-11,15,18,21,23-24,26-27,30,41,43,48H,12-14,16H2,1-6H3,(H2,36,46)(H,37,47)/t18-,21-,23?,24?,26?,27-,30?,35-/m1/s1. The third-order valence-corrected chi connectivity index (χ3v) is 10.5. The van der Waals surface area contributed by atoms with Crippen LogP contribution in [0.15, 0.2) is 36.4 Å². The molecule has 0 heterocycles. The molecule has 2 fully saturated rings. The van der Waals surface area contributed by atoms with Crippen LogP contribution in [-0.4, -0.2) is 120 Å². The first-order valence-corrected chi connectivity index (χ1v) is 16.0. The van der Waals surface area contributed by atoms with E-state index in [1.807, 2.05) is 30.3 Å². The van der Waals surface area contributed by atoms with Crippen molar-refractivity contribution in [1.82, 2.24) is 15.1 Å². The summed E-state index contributed by atoms with van der Waals surface area (Å²) < 4.78 is 0. The summed E-state index contributed by atoms with van der Waals surface area (Å²) in [6, 6.07) is 9.78. The Hall–Kier alpha value is -4.17. The molecule has 2 saturated carbocycles. The van der Waals surface area contributed by atoms with Gasteiger partial charge in [-0.25, -0.2) is 0 Å². The number of nitrogens with two attached hydrogens (primary N) is 1. The van der Waals surface area contributed by atoms with Gasteiger partial charge in [0, 0.05) is 43.9 Å². The number of rotatable bonds is 9. The highest BCUT2D eigenvalue weighted by atomic mass is 16.3. The van der Waals surface area contributed by atoms with E-state index in [0.29, 0.717) is 17.7 Å². The van der Waals surface area contributed by atoms with E-state index in [0.717, 1.165) is 5.56 Å². The SMILES string of the molecule is CN(C)c1cc(CNC(=O)C(Cc2ccccc2)N(C)C)c(O)c2c1C[C@@H]1C[C@@H]3[C@@H](N(C)C)C(O)C(C(N)=O)C(=O)[C@]3(O)C(=O)C1C2=O. The molecule has 0 radical (unpaired) electrons. The minimum Gasteiger partial charge on any atom is -0.507 e. The average molecular weight is 664 g/mol. The lowest BCUT2D eigenvalue weighted by atomic mass is 9.52. The van der Waals surface area contributed by atoms with Gasteiger partial charge < -0.3 is 36.2 Å². The van der Waals surface area contributed by atoms with Crippen LogP contribution in [0.4, 0.5) is 5.69 Å². The fourth-order valence-corrected chi connectivity index (χ4v) is 8.10. The number of likely N-dealkylation sites (N-methyl/N-ethyl adjacent to an activating group) is 2. The Morgan fingerprint density at radius 1 is 1.04 bits per heavy atom. The number of ketones is 3. The summed E-state index contributed by atoms with van der Waals surface area (Å²) in [7, 11) is 10.4. The highest BCUT2D eigenvalue weighted by Crippen LogP contribution is 2.52. The molecule has 4 unspecified atom stereocenters. The largest absolute Gasteiger partial charge is 0.507 e. The lowest BCUT2D eigenvalue weighted by Gasteiger charge is -2.55. The number of aliphatic hydroxyl groups is 2. The summed E-state index contributed by atoms with van der Waals surface area (Å²) in [6.07, 6.45) is -0.923. The van der Waals surface area contributed by atoms with Crippen molar-refractivity contribution in [3.05, 3.63) is 58.7 Å². The van der Waals surface area contributed by atoms with Crippen LogP contribution < -0.4 is 16.0 Å². The number of anilines is 1. The van der Waals surface area contributed by atoms with Gasteiger partial charge in [-0.15, -0.1) is 0 Å². The second-order valence-corrected chi connectivity index (χ2v) is 14.0. The summed E-state index contributed by atoms with van der Waals surface area (Å²) in [5.74, 6) is -9.98. The van der Waals surface area contributed by atoms with Crippen LogP contribution in [0.3, 0.4) is 0 Å². The van der Waals surface area contributed by atoms with Crippen LogP contribution in [0, 0.1) is 23.7 Å². The summed E-state index contributed by atoms with van der Waals surface area (Å²) in [5.41, 5.74) is 4.97. The van der Waals surface area contributed by atoms with E-state index >= 15 is 0 Å². The molecule has 0 aliphatic heterocycles. The fraction of sp³-hybridized carbons (Fsp3) is 0.514. The van der Waals surface area contributed by atoms with E-state index in [9.17, 15) is 39.3 Å². The molecule has 0 bridgehead atoms. The number of primary amides is 1. The van der Waals surface area contributed by atoms with Gasteiger partial charge in [-0.3, -0.25) is 28.9 Å². The van der Waals surface area contributed by atoms with Gasteiger partial charge in [0.1, 0.15) is 11.7 Å². The Bertz CT molecular complexity index is 1640. The molecule has 13 nitrogen and oxygen atoms in total. The summed E-state index contributed by atoms with van der Waals surface area (Å²) in [6.45, 7) is -0.111. The Morgan fingerprint density at radius 3 is 2.25 bits per heavy atom. The Labute approximate surface area is 279 Å². The maximum absolute atomic E-state index is 14.3. The van der Waals surface area contributed by atoms with Crippen LogP contribution in [0.1, 0.15) is 33.5 Å². The van der Waals surface area contributed by atoms with E-state index in [1.165, 1.54) is 0 Å². The van der Waals surface area contributed by atoms with Crippen molar-refractivity contribution in [3.63, 3.8) is 0 Å². The fourth-order valence-electron chi connectivity index (χ4n) is 8.10. The molecule has 2 aromatic rings. The van der Waals surface area contributed by atoms with Gasteiger partial charge in [-0.05, 0) is 70.6 Å². The zero-order valence-corrected chi connectivity index (χ0v) is 28.1. The number of phenols is 1. The molecule has 8 atom stereocenters. The van der Waals surface area contributed by atoms with Crippen molar-refractivity contribution >= 4 is 34.9 Å². The predicted molar refractivity (Wildman–Crippen MR) is 176 cm³/mol. The number of carbonyl (C=O) groups excluding carboxylic acids is 5. The summed E-state index contributed by atoms with van der Waals surface area (Å²) >= 11 is 0. The average Bonchev–Trinajstić information content (AvgIpc) is 3.01. The van der Waals surface area contributed by atoms with Crippen LogP contribution in [-0.2, 0) is 38.6 Å². The molecular formula is C35H45N5O8. The van der Waals surface area contributed by atoms with E-state index in [-0.39, 0.29) is 36.4 Å². The van der Waals surface area contributed by atoms with Gasteiger partial charge in [-0.2, -0.15) is 0 Å². The molecule has 3 aliphatic rings. The number of amides is 2. The molecule has 2 aromatic carbocycles. The number of aromatic hydroxyl groups is 1. The third-order valence-electron chi connectivity index (χ3n) is 10.5. The van der Waals surface area contributed by atoms with E-state index in [2.05, 4.69) is 5.32 Å². The van der Waals surface area contributed by atoms with E-state index < -0.39 is 76.5 Å². The van der Waals surface area contributed by atoms with Gasteiger partial charge >= 0.3 is 0 Å². The molecule has 5 rings (SSSR count). The summed E-state index contributed by atoms with van der Waals surface area (Å²) in [5, 5.41) is 37.4. The monoisotopic (exact) mass is 663 g/mol. The van der Waals surface area contributed by atoms with Crippen LogP contribution >= 0.6 is 0 Å². The highest BCUT2D eigenvalue weighted by molar-refractivity contribution is 6.25. The maximum Gasteiger partial charge on any atom is 0.237 e. The first-order chi connectivity index (χ1) is 22.5. The topological polar surface area (TPSA) is 194 Å². The number of aliphatic hydroxyl groups excluding tert-OH is 1. The van der Waals surface area contributed by atoms with Crippen LogP contribution in [0.5, 0.6) is 5.75 Å². The summed E-state index contributed by atoms with van der Waals surface area (Å²) in [4.78, 5) is 72.9. The van der Waals surface area contributed by atoms with Crippen molar-refractivity contribution in [1.29, 1.82) is 0 Å². The highest BCUT2D eigenvalue weighted by Gasteiger charge is 2.69. The van der Waals surface area contributed by atoms with Gasteiger partial charge in [0.2, 0.25) is 11.8 Å². The van der Waals surface area contributed by atoms with Crippen molar-refractivity contribution < 1.29 is 39.3 Å². The molecule has 0 saturated heterocycles. The van der Waals surface area contributed by atoms with Crippen LogP contribution in [0.2, 0.25) is 0 Å². The van der Waals surface area contributed by atoms with E-state index in [1.54, 1.807) is 63.1 Å². The van der Waals surface area contributed by atoms with Crippen LogP contribution in [0.25, 0.3) is 0 Å². The first kappa shape index (κ1) is 35.1. The molecule has 0 spiro atoms. The van der Waals surface area contributed by atoms with Gasteiger partial charge in [0.05, 0.1) is 23.6 Å². The van der Waals surface area contributed by atoms with Gasteiger partial charge in [0.15, 0.2) is 23.0 Å². The Morgan fingerprint density at radius 2 is 1.69 bits per heavy atom. The normalized spacial score (nSPS) is 28.8. The smallest absolute Gasteiger partial charge is 0.237 e. The number of benzene rings is 2. The van der Waals surface area contributed by atoms with Gasteiger partial charge in [0.25, 0.3) is 0 Å². The first-order valence-electron chi connectivity index (χ1n) is 16.0. The number of nitrogens with one attached hydrogen (secondary N) is 1. The molecule has 13 heteroatoms. The number of hydrogen-bond donors (Lipinski definition) is 5. The second-order valence-electron chi connectivity index (χ2n) is 14.0. The molecule has 258 valence electrons. The number of phenolic OH excluding ortho intramolecular Hbond substituents is 1. The molecule has 2 amide bonds. The Balaban J connectivity index is 1.50. The lowest BCUT2D eigenvalue weighted by molar-refractivity contribution is -0.190. The Kier molecular flexibility index (Phi) is 9.54. The minimum absolute atomic E-state index is 0.0218. The minimum atomic E-state index is -2.74. The number of Topliss-reactive ketones (excluding diaryl/α,β-unsaturated/α-hetero) is 3. The quantitative estimate of drug-likeness (QED) is 0.218. The molecule has 6 N–H and O–H groups in total. The maximum atomic E-state index is 14.3. The van der Waals surface area contributed by atoms with Crippen molar-refractivity contribution in [2.45, 2.75) is 49.6 Å². The molecule has 3 aliphatic carbocycles. The number of fused-ring (bicyclic) bond motifs is 3. The van der Waals surface area contributed by atoms with Crippen molar-refractivity contribution in [2.24, 2.45) is 29.4 Å². The molecule has 0 aromatic heterocycles. The third kappa shape index (κ3) is 5.68. The van der Waals surface area contributed by atoms with Gasteiger partial charge in [-0.1, -0.05) is 30.3 Å². The second kappa shape index (κ2) is 13.0. The number of hydrogen-bond acceptors (Lipinski definition) is 11.